The molecule has 1 aliphatic heterocycles. The average Bonchev–Trinajstić information content (AvgIpc) is 3.55. The SMILES string of the molecule is COC(=O)NCc1ccc2c(c1)NC(=O)CCCC[C@H](NC(=O)C=Cc1cc(Cl)ccc1-n1cnnn1)c1cc-2ccn1. The average molecular weight is 601 g/mol. The Balaban J connectivity index is 1.40. The molecule has 0 unspecified atom stereocenters. The molecule has 220 valence electrons. The summed E-state index contributed by atoms with van der Waals surface area (Å²) in [7, 11) is 1.30. The molecule has 3 N–H and O–H groups in total. The molecule has 13 heteroatoms. The van der Waals surface area contributed by atoms with Crippen LogP contribution in [0.5, 0.6) is 0 Å². The molecule has 3 amide bonds. The highest BCUT2D eigenvalue weighted by molar-refractivity contribution is 6.30. The van der Waals surface area contributed by atoms with E-state index < -0.39 is 6.09 Å². The van der Waals surface area contributed by atoms with Crippen LogP contribution in [0.3, 0.4) is 0 Å². The molecular weight excluding hydrogens is 572 g/mol. The van der Waals surface area contributed by atoms with Crippen molar-refractivity contribution in [3.8, 4) is 16.8 Å². The number of carbonyl (C=O) groups is 3. The van der Waals surface area contributed by atoms with Crippen molar-refractivity contribution in [1.82, 2.24) is 35.8 Å². The maximum absolute atomic E-state index is 13.1. The zero-order valence-corrected chi connectivity index (χ0v) is 24.0. The Hall–Kier alpha value is -5.10. The van der Waals surface area contributed by atoms with Crippen molar-refractivity contribution in [1.29, 1.82) is 0 Å². The molecule has 0 aliphatic carbocycles. The monoisotopic (exact) mass is 600 g/mol. The van der Waals surface area contributed by atoms with Gasteiger partial charge in [-0.15, -0.1) is 5.10 Å². The van der Waals surface area contributed by atoms with Crippen LogP contribution in [-0.4, -0.2) is 50.2 Å². The summed E-state index contributed by atoms with van der Waals surface area (Å²) in [6.45, 7) is 0.242. The molecule has 0 radical (unpaired) electrons. The number of rotatable bonds is 6. The summed E-state index contributed by atoms with van der Waals surface area (Å²) >= 11 is 6.21. The molecule has 0 fully saturated rings. The lowest BCUT2D eigenvalue weighted by atomic mass is 9.97. The standard InChI is InChI=1S/C30H29ClN8O4/c1-43-30(42)33-17-19-6-9-23-20-12-13-32-26(16-20)24(4-2-3-5-28(40)36-25(23)14-19)35-29(41)11-7-21-15-22(31)8-10-27(21)39-18-34-37-38-39/h6-16,18,24H,2-5,17H2,1H3,(H,33,42)(H,35,41)(H,36,40)/t24-/m0/s1. The largest absolute Gasteiger partial charge is 0.453 e. The summed E-state index contributed by atoms with van der Waals surface area (Å²) in [5.74, 6) is -0.426. The summed E-state index contributed by atoms with van der Waals surface area (Å²) in [6.07, 6.45) is 7.95. The zero-order valence-electron chi connectivity index (χ0n) is 23.3. The number of aromatic nitrogens is 5. The van der Waals surface area contributed by atoms with Gasteiger partial charge in [0.1, 0.15) is 6.33 Å². The highest BCUT2D eigenvalue weighted by Crippen LogP contribution is 2.32. The topological polar surface area (TPSA) is 153 Å². The van der Waals surface area contributed by atoms with Crippen molar-refractivity contribution in [2.45, 2.75) is 38.3 Å². The lowest BCUT2D eigenvalue weighted by Gasteiger charge is -2.20. The Bertz CT molecular complexity index is 1660. The number of amides is 3. The second-order valence-corrected chi connectivity index (χ2v) is 10.3. The van der Waals surface area contributed by atoms with Gasteiger partial charge in [-0.3, -0.25) is 14.6 Å². The predicted octanol–water partition coefficient (Wildman–Crippen LogP) is 4.62. The van der Waals surface area contributed by atoms with Crippen molar-refractivity contribution in [3.63, 3.8) is 0 Å². The fourth-order valence-corrected chi connectivity index (χ4v) is 4.96. The minimum atomic E-state index is -0.543. The highest BCUT2D eigenvalue weighted by Gasteiger charge is 2.19. The van der Waals surface area contributed by atoms with E-state index in [9.17, 15) is 14.4 Å². The van der Waals surface area contributed by atoms with Crippen molar-refractivity contribution < 1.29 is 19.1 Å². The second-order valence-electron chi connectivity index (χ2n) is 9.84. The highest BCUT2D eigenvalue weighted by atomic mass is 35.5. The van der Waals surface area contributed by atoms with Gasteiger partial charge in [-0.25, -0.2) is 4.79 Å². The summed E-state index contributed by atoms with van der Waals surface area (Å²) < 4.78 is 6.14. The van der Waals surface area contributed by atoms with Crippen LogP contribution in [0.15, 0.2) is 67.1 Å². The molecule has 2 aromatic heterocycles. The molecule has 2 aromatic carbocycles. The first-order chi connectivity index (χ1) is 20.9. The van der Waals surface area contributed by atoms with E-state index in [1.54, 1.807) is 30.5 Å². The number of methoxy groups -OCH3 is 1. The summed E-state index contributed by atoms with van der Waals surface area (Å²) in [4.78, 5) is 42.1. The number of fused-ring (bicyclic) bond motifs is 4. The van der Waals surface area contributed by atoms with E-state index >= 15 is 0 Å². The Labute approximate surface area is 252 Å². The third-order valence-corrected chi connectivity index (χ3v) is 7.13. The van der Waals surface area contributed by atoms with E-state index in [1.807, 2.05) is 30.3 Å². The van der Waals surface area contributed by atoms with Crippen LogP contribution < -0.4 is 16.0 Å². The number of ether oxygens (including phenoxy) is 1. The number of anilines is 1. The molecule has 5 rings (SSSR count). The van der Waals surface area contributed by atoms with Gasteiger partial charge in [-0.2, -0.15) is 4.68 Å². The minimum absolute atomic E-state index is 0.113. The van der Waals surface area contributed by atoms with E-state index in [2.05, 4.69) is 41.2 Å². The van der Waals surface area contributed by atoms with Crippen LogP contribution in [-0.2, 0) is 20.9 Å². The number of benzene rings is 2. The quantitative estimate of drug-likeness (QED) is 0.271. The number of nitrogens with one attached hydrogen (secondary N) is 3. The van der Waals surface area contributed by atoms with E-state index in [0.717, 1.165) is 16.7 Å². The maximum atomic E-state index is 13.1. The van der Waals surface area contributed by atoms with Crippen LogP contribution in [0, 0.1) is 0 Å². The first-order valence-electron chi connectivity index (χ1n) is 13.6. The number of nitrogens with zero attached hydrogens (tertiary/aromatic N) is 5. The van der Waals surface area contributed by atoms with Gasteiger partial charge in [-0.05, 0) is 76.9 Å². The van der Waals surface area contributed by atoms with Crippen molar-refractivity contribution >= 4 is 41.3 Å². The molecule has 4 aromatic rings. The van der Waals surface area contributed by atoms with Gasteiger partial charge < -0.3 is 20.7 Å². The molecule has 1 aliphatic rings. The molecule has 0 saturated carbocycles. The van der Waals surface area contributed by atoms with Gasteiger partial charge in [0.2, 0.25) is 11.8 Å². The number of alkyl carbamates (subject to hydrolysis) is 1. The van der Waals surface area contributed by atoms with Gasteiger partial charge in [0.25, 0.3) is 0 Å². The van der Waals surface area contributed by atoms with Crippen LogP contribution in [0.2, 0.25) is 5.02 Å². The number of carbonyl (C=O) groups excluding carboxylic acids is 3. The Kier molecular flexibility index (Phi) is 9.37. The first kappa shape index (κ1) is 29.4. The van der Waals surface area contributed by atoms with E-state index in [-0.39, 0.29) is 24.4 Å². The third-order valence-electron chi connectivity index (χ3n) is 6.89. The second kappa shape index (κ2) is 13.7. The Morgan fingerprint density at radius 3 is 2.86 bits per heavy atom. The van der Waals surface area contributed by atoms with E-state index in [0.29, 0.717) is 53.3 Å². The predicted molar refractivity (Wildman–Crippen MR) is 160 cm³/mol. The molecule has 3 heterocycles. The van der Waals surface area contributed by atoms with Crippen LogP contribution >= 0.6 is 11.6 Å². The number of tetrazole rings is 1. The molecule has 12 nitrogen and oxygen atoms in total. The lowest BCUT2D eigenvalue weighted by molar-refractivity contribution is -0.118. The summed E-state index contributed by atoms with van der Waals surface area (Å²) in [6, 6.07) is 14.2. The smallest absolute Gasteiger partial charge is 0.407 e. The number of pyridine rings is 1. The molecule has 43 heavy (non-hydrogen) atoms. The Morgan fingerprint density at radius 1 is 1.16 bits per heavy atom. The van der Waals surface area contributed by atoms with Gasteiger partial charge in [0.05, 0.1) is 24.5 Å². The fraction of sp³-hybridized carbons (Fsp3) is 0.233. The molecule has 0 spiro atoms. The lowest BCUT2D eigenvalue weighted by Crippen LogP contribution is -2.28. The van der Waals surface area contributed by atoms with Crippen LogP contribution in [0.25, 0.3) is 22.9 Å². The minimum Gasteiger partial charge on any atom is -0.453 e. The summed E-state index contributed by atoms with van der Waals surface area (Å²) in [5.41, 5.74) is 5.07. The van der Waals surface area contributed by atoms with Gasteiger partial charge in [0, 0.05) is 47.1 Å². The van der Waals surface area contributed by atoms with Gasteiger partial charge in [-0.1, -0.05) is 30.2 Å². The van der Waals surface area contributed by atoms with E-state index in [1.165, 1.54) is 24.2 Å². The zero-order chi connectivity index (χ0) is 30.2. The molecule has 2 bridgehead atoms. The number of hydrogen-bond acceptors (Lipinski definition) is 8. The molecule has 1 atom stereocenters. The summed E-state index contributed by atoms with van der Waals surface area (Å²) in [5, 5.41) is 20.5. The van der Waals surface area contributed by atoms with Gasteiger partial charge in [0.15, 0.2) is 0 Å². The molecule has 0 saturated heterocycles. The van der Waals surface area contributed by atoms with Crippen LogP contribution in [0.4, 0.5) is 10.5 Å². The van der Waals surface area contributed by atoms with Crippen LogP contribution in [0.1, 0.15) is 48.5 Å². The number of hydrogen-bond donors (Lipinski definition) is 3. The third kappa shape index (κ3) is 7.60. The van der Waals surface area contributed by atoms with E-state index in [4.69, 9.17) is 11.6 Å². The fourth-order valence-electron chi connectivity index (χ4n) is 4.77. The van der Waals surface area contributed by atoms with Crippen molar-refractivity contribution in [2.24, 2.45) is 0 Å². The molecular formula is C30H29ClN8O4. The first-order valence-corrected chi connectivity index (χ1v) is 14.0. The van der Waals surface area contributed by atoms with Crippen molar-refractivity contribution in [3.05, 3.63) is 89.0 Å². The maximum Gasteiger partial charge on any atom is 0.407 e. The number of halogens is 1. The Morgan fingerprint density at radius 2 is 2.05 bits per heavy atom. The van der Waals surface area contributed by atoms with Crippen molar-refractivity contribution in [2.75, 3.05) is 12.4 Å². The normalized spacial score (nSPS) is 15.0. The van der Waals surface area contributed by atoms with Gasteiger partial charge >= 0.3 is 6.09 Å².